The third-order valence-corrected chi connectivity index (χ3v) is 4.02. The van der Waals surface area contributed by atoms with Crippen LogP contribution in [-0.4, -0.2) is 6.54 Å². The first-order valence-electron chi connectivity index (χ1n) is 8.43. The second-order valence-corrected chi connectivity index (χ2v) is 5.83. The molecule has 0 spiro atoms. The molecule has 0 amide bonds. The fraction of sp³-hybridized carbons (Fsp3) is 0.238. The van der Waals surface area contributed by atoms with Gasteiger partial charge in [-0.15, -0.1) is 0 Å². The first-order valence-corrected chi connectivity index (χ1v) is 8.43. The Morgan fingerprint density at radius 3 is 2.39 bits per heavy atom. The number of anilines is 1. The average molecular weight is 304 g/mol. The van der Waals surface area contributed by atoms with Gasteiger partial charge in [-0.05, 0) is 48.6 Å². The highest BCUT2D eigenvalue weighted by Crippen LogP contribution is 2.24. The van der Waals surface area contributed by atoms with Crippen LogP contribution < -0.4 is 10.6 Å². The van der Waals surface area contributed by atoms with Crippen molar-refractivity contribution in [2.24, 2.45) is 0 Å². The van der Waals surface area contributed by atoms with E-state index in [4.69, 9.17) is 0 Å². The van der Waals surface area contributed by atoms with Crippen molar-refractivity contribution in [1.82, 2.24) is 5.32 Å². The maximum Gasteiger partial charge on any atom is 0.0533 e. The van der Waals surface area contributed by atoms with Crippen molar-refractivity contribution in [2.75, 3.05) is 11.9 Å². The predicted molar refractivity (Wildman–Crippen MR) is 99.2 cm³/mol. The zero-order valence-electron chi connectivity index (χ0n) is 13.7. The molecular formula is C21H24N2. The van der Waals surface area contributed by atoms with Crippen molar-refractivity contribution in [1.29, 1.82) is 0 Å². The number of nitrogens with one attached hydrogen (secondary N) is 2. The van der Waals surface area contributed by atoms with Crippen LogP contribution in [-0.2, 0) is 0 Å². The number of hydrogen-bond acceptors (Lipinski definition) is 2. The Morgan fingerprint density at radius 1 is 0.913 bits per heavy atom. The standard InChI is InChI=1S/C21H24N2/c1-2-16-22-20-10-6-7-11-21(20)23-19-14-12-18(13-15-19)17-8-4-3-5-9-17/h3-6,8-10,12-15,22-23H,2,7,11,16H2,1H3. The molecular weight excluding hydrogens is 280 g/mol. The van der Waals surface area contributed by atoms with Crippen molar-refractivity contribution in [2.45, 2.75) is 26.2 Å². The number of benzene rings is 2. The van der Waals surface area contributed by atoms with E-state index in [-0.39, 0.29) is 0 Å². The number of rotatable bonds is 6. The molecule has 2 aromatic rings. The summed E-state index contributed by atoms with van der Waals surface area (Å²) in [6.07, 6.45) is 7.72. The molecule has 3 rings (SSSR count). The summed E-state index contributed by atoms with van der Waals surface area (Å²) >= 11 is 0. The van der Waals surface area contributed by atoms with Gasteiger partial charge in [0.05, 0.1) is 5.70 Å². The Hall–Kier alpha value is -2.48. The maximum absolute atomic E-state index is 3.58. The Bertz CT molecular complexity index is 682. The van der Waals surface area contributed by atoms with E-state index in [1.54, 1.807) is 0 Å². The fourth-order valence-electron chi connectivity index (χ4n) is 2.77. The van der Waals surface area contributed by atoms with E-state index in [1.807, 2.05) is 6.07 Å². The molecule has 0 fully saturated rings. The van der Waals surface area contributed by atoms with Crippen LogP contribution in [0.15, 0.2) is 78.1 Å². The second kappa shape index (κ2) is 7.68. The third-order valence-electron chi connectivity index (χ3n) is 4.02. The van der Waals surface area contributed by atoms with Crippen LogP contribution in [0.1, 0.15) is 26.2 Å². The Labute approximate surface area is 138 Å². The zero-order valence-corrected chi connectivity index (χ0v) is 13.7. The maximum atomic E-state index is 3.58. The summed E-state index contributed by atoms with van der Waals surface area (Å²) in [6, 6.07) is 19.2. The summed E-state index contributed by atoms with van der Waals surface area (Å²) in [6.45, 7) is 3.20. The molecule has 0 saturated carbocycles. The molecule has 2 nitrogen and oxygen atoms in total. The van der Waals surface area contributed by atoms with Crippen LogP contribution >= 0.6 is 0 Å². The molecule has 1 aliphatic carbocycles. The lowest BCUT2D eigenvalue weighted by Crippen LogP contribution is -2.19. The van der Waals surface area contributed by atoms with Gasteiger partial charge in [-0.2, -0.15) is 0 Å². The van der Waals surface area contributed by atoms with Gasteiger partial charge in [0.15, 0.2) is 0 Å². The van der Waals surface area contributed by atoms with Gasteiger partial charge in [0, 0.05) is 17.9 Å². The summed E-state index contributed by atoms with van der Waals surface area (Å²) in [5.41, 5.74) is 6.16. The minimum Gasteiger partial charge on any atom is -0.384 e. The molecule has 1 aliphatic rings. The highest BCUT2D eigenvalue weighted by Gasteiger charge is 2.08. The van der Waals surface area contributed by atoms with Gasteiger partial charge in [-0.1, -0.05) is 55.5 Å². The smallest absolute Gasteiger partial charge is 0.0533 e. The molecule has 0 aliphatic heterocycles. The summed E-state index contributed by atoms with van der Waals surface area (Å²) in [5, 5.41) is 7.09. The number of hydrogen-bond donors (Lipinski definition) is 2. The molecule has 0 bridgehead atoms. The minimum absolute atomic E-state index is 1.01. The largest absolute Gasteiger partial charge is 0.384 e. The lowest BCUT2D eigenvalue weighted by molar-refractivity contribution is 0.759. The Morgan fingerprint density at radius 2 is 1.65 bits per heavy atom. The van der Waals surface area contributed by atoms with Crippen LogP contribution in [0.4, 0.5) is 5.69 Å². The quantitative estimate of drug-likeness (QED) is 0.754. The van der Waals surface area contributed by atoms with Gasteiger partial charge in [0.1, 0.15) is 0 Å². The Kier molecular flexibility index (Phi) is 5.15. The summed E-state index contributed by atoms with van der Waals surface area (Å²) in [4.78, 5) is 0. The van der Waals surface area contributed by atoms with Gasteiger partial charge >= 0.3 is 0 Å². The summed E-state index contributed by atoms with van der Waals surface area (Å²) < 4.78 is 0. The molecule has 2 aromatic carbocycles. The molecule has 23 heavy (non-hydrogen) atoms. The fourth-order valence-corrected chi connectivity index (χ4v) is 2.77. The highest BCUT2D eigenvalue weighted by molar-refractivity contribution is 5.66. The molecule has 118 valence electrons. The zero-order chi connectivity index (χ0) is 15.9. The minimum atomic E-state index is 1.01. The van der Waals surface area contributed by atoms with Gasteiger partial charge in [0.25, 0.3) is 0 Å². The third kappa shape index (κ3) is 4.04. The first-order chi connectivity index (χ1) is 11.4. The van der Waals surface area contributed by atoms with Crippen LogP contribution in [0.25, 0.3) is 11.1 Å². The van der Waals surface area contributed by atoms with Gasteiger partial charge in [-0.25, -0.2) is 0 Å². The topological polar surface area (TPSA) is 24.1 Å². The number of allylic oxidation sites excluding steroid dienone is 3. The van der Waals surface area contributed by atoms with Crippen molar-refractivity contribution < 1.29 is 0 Å². The molecule has 0 unspecified atom stereocenters. The molecule has 0 heterocycles. The molecule has 0 saturated heterocycles. The average Bonchev–Trinajstić information content (AvgIpc) is 2.62. The normalized spacial score (nSPS) is 14.0. The van der Waals surface area contributed by atoms with E-state index < -0.39 is 0 Å². The van der Waals surface area contributed by atoms with E-state index in [0.717, 1.165) is 31.5 Å². The van der Waals surface area contributed by atoms with Crippen LogP contribution in [0, 0.1) is 0 Å². The first kappa shape index (κ1) is 15.4. The lowest BCUT2D eigenvalue weighted by atomic mass is 10.0. The monoisotopic (exact) mass is 304 g/mol. The molecule has 0 atom stereocenters. The van der Waals surface area contributed by atoms with Crippen molar-refractivity contribution >= 4 is 5.69 Å². The second-order valence-electron chi connectivity index (χ2n) is 5.83. The predicted octanol–water partition coefficient (Wildman–Crippen LogP) is 5.33. The molecule has 0 aromatic heterocycles. The molecule has 0 radical (unpaired) electrons. The van der Waals surface area contributed by atoms with Crippen molar-refractivity contribution in [3.63, 3.8) is 0 Å². The van der Waals surface area contributed by atoms with Crippen molar-refractivity contribution in [3.8, 4) is 11.1 Å². The van der Waals surface area contributed by atoms with Crippen LogP contribution in [0.3, 0.4) is 0 Å². The van der Waals surface area contributed by atoms with Crippen molar-refractivity contribution in [3.05, 3.63) is 78.1 Å². The summed E-state index contributed by atoms with van der Waals surface area (Å²) in [7, 11) is 0. The van der Waals surface area contributed by atoms with Crippen LogP contribution in [0.5, 0.6) is 0 Å². The molecule has 2 heteroatoms. The van der Waals surface area contributed by atoms with Crippen LogP contribution in [0.2, 0.25) is 0 Å². The van der Waals surface area contributed by atoms with Gasteiger partial charge in [0.2, 0.25) is 0 Å². The molecule has 2 N–H and O–H groups in total. The summed E-state index contributed by atoms with van der Waals surface area (Å²) in [5.74, 6) is 0. The van der Waals surface area contributed by atoms with E-state index in [0.29, 0.717) is 0 Å². The van der Waals surface area contributed by atoms with E-state index in [2.05, 4.69) is 78.2 Å². The van der Waals surface area contributed by atoms with E-state index >= 15 is 0 Å². The van der Waals surface area contributed by atoms with E-state index in [9.17, 15) is 0 Å². The highest BCUT2D eigenvalue weighted by atomic mass is 15.0. The Balaban J connectivity index is 1.74. The van der Waals surface area contributed by atoms with E-state index in [1.165, 1.54) is 22.5 Å². The van der Waals surface area contributed by atoms with Gasteiger partial charge in [-0.3, -0.25) is 0 Å². The lowest BCUT2D eigenvalue weighted by Gasteiger charge is -2.19. The van der Waals surface area contributed by atoms with Gasteiger partial charge < -0.3 is 10.6 Å². The SMILES string of the molecule is CCCNC1=C(Nc2ccc(-c3ccccc3)cc2)CCC=C1.